The van der Waals surface area contributed by atoms with Gasteiger partial charge in [0.05, 0.1) is 5.56 Å². The third-order valence-electron chi connectivity index (χ3n) is 8.08. The molecular formula is C43H48O5. The fraction of sp³-hybridized carbons (Fsp3) is 0.209. The van der Waals surface area contributed by atoms with Crippen molar-refractivity contribution in [3.8, 4) is 28.7 Å². The van der Waals surface area contributed by atoms with Crippen molar-refractivity contribution in [1.29, 1.82) is 0 Å². The molecule has 0 unspecified atom stereocenters. The van der Waals surface area contributed by atoms with Crippen molar-refractivity contribution in [3.63, 3.8) is 0 Å². The molecule has 250 valence electrons. The Kier molecular flexibility index (Phi) is 13.5. The summed E-state index contributed by atoms with van der Waals surface area (Å²) in [6.07, 6.45) is 21.7. The first-order chi connectivity index (χ1) is 23.3. The van der Waals surface area contributed by atoms with E-state index in [2.05, 4.69) is 49.9 Å². The molecule has 5 nitrogen and oxygen atoms in total. The molecule has 0 bridgehead atoms. The molecule has 3 aromatic carbocycles. The third-order valence-corrected chi connectivity index (χ3v) is 8.08. The van der Waals surface area contributed by atoms with Crippen molar-refractivity contribution in [2.24, 2.45) is 0 Å². The molecule has 2 aliphatic rings. The smallest absolute Gasteiger partial charge is 0.208 e. The summed E-state index contributed by atoms with van der Waals surface area (Å²) in [4.78, 5) is 0. The topological polar surface area (TPSA) is 101 Å². The summed E-state index contributed by atoms with van der Waals surface area (Å²) in [7, 11) is 0. The van der Waals surface area contributed by atoms with Crippen molar-refractivity contribution in [2.45, 2.75) is 60.8 Å². The van der Waals surface area contributed by atoms with Crippen LogP contribution in [0.25, 0.3) is 21.9 Å². The third kappa shape index (κ3) is 7.58. The van der Waals surface area contributed by atoms with Crippen LogP contribution in [0, 0.1) is 0 Å². The number of allylic oxidation sites excluding steroid dienone is 17. The molecule has 5 heteroatoms. The summed E-state index contributed by atoms with van der Waals surface area (Å²) in [6.45, 7) is 16.6. The van der Waals surface area contributed by atoms with Gasteiger partial charge >= 0.3 is 0 Å². The van der Waals surface area contributed by atoms with Crippen LogP contribution < -0.4 is 0 Å². The molecule has 0 radical (unpaired) electrons. The molecule has 3 aromatic rings. The zero-order valence-electron chi connectivity index (χ0n) is 28.9. The van der Waals surface area contributed by atoms with Gasteiger partial charge in [0.25, 0.3) is 0 Å². The van der Waals surface area contributed by atoms with Crippen LogP contribution in [0.15, 0.2) is 138 Å². The lowest BCUT2D eigenvalue weighted by Crippen LogP contribution is -2.02. The highest BCUT2D eigenvalue weighted by atomic mass is 16.4. The van der Waals surface area contributed by atoms with Gasteiger partial charge in [0, 0.05) is 0 Å². The second kappa shape index (κ2) is 17.5. The molecule has 0 spiro atoms. The van der Waals surface area contributed by atoms with Crippen LogP contribution in [-0.2, 0) is 0 Å². The van der Waals surface area contributed by atoms with Gasteiger partial charge in [-0.2, -0.15) is 0 Å². The van der Waals surface area contributed by atoms with Crippen molar-refractivity contribution in [3.05, 3.63) is 149 Å². The van der Waals surface area contributed by atoms with Gasteiger partial charge in [-0.3, -0.25) is 0 Å². The maximum absolute atomic E-state index is 10.8. The van der Waals surface area contributed by atoms with E-state index >= 15 is 0 Å². The van der Waals surface area contributed by atoms with E-state index in [9.17, 15) is 25.5 Å². The molecule has 0 fully saturated rings. The van der Waals surface area contributed by atoms with Gasteiger partial charge in [0.1, 0.15) is 0 Å². The van der Waals surface area contributed by atoms with E-state index in [1.165, 1.54) is 5.57 Å². The van der Waals surface area contributed by atoms with Gasteiger partial charge < -0.3 is 25.5 Å². The molecule has 0 saturated carbocycles. The SMILES string of the molecule is C=C1/C=C\C=C/CC(/C(=C/C=C\C)CC)=C2/CC=C(c3c(O)c(O)c(O)c(O)c3O)C=C/C2=C/1c1cccc2ccccc12.CC.CC. The Morgan fingerprint density at radius 3 is 2.08 bits per heavy atom. The lowest BCUT2D eigenvalue weighted by atomic mass is 9.82. The molecule has 5 rings (SSSR count). The number of aromatic hydroxyl groups is 5. The van der Waals surface area contributed by atoms with Crippen LogP contribution in [0.5, 0.6) is 28.7 Å². The number of phenols is 5. The summed E-state index contributed by atoms with van der Waals surface area (Å²) in [5, 5.41) is 54.4. The average Bonchev–Trinajstić information content (AvgIpc) is 3.33. The Hall–Kier alpha value is -5.42. The second-order valence-corrected chi connectivity index (χ2v) is 10.7. The highest BCUT2D eigenvalue weighted by Gasteiger charge is 2.27. The number of benzene rings is 3. The van der Waals surface area contributed by atoms with Crippen molar-refractivity contribution < 1.29 is 25.5 Å². The minimum atomic E-state index is -0.987. The predicted octanol–water partition coefficient (Wildman–Crippen LogP) is 11.5. The molecule has 0 atom stereocenters. The van der Waals surface area contributed by atoms with E-state index in [0.717, 1.165) is 50.6 Å². The van der Waals surface area contributed by atoms with Gasteiger partial charge in [0.15, 0.2) is 11.5 Å². The molecular weight excluding hydrogens is 596 g/mol. The largest absolute Gasteiger partial charge is 0.504 e. The Bertz CT molecular complexity index is 1870. The highest BCUT2D eigenvalue weighted by molar-refractivity contribution is 6.01. The zero-order chi connectivity index (χ0) is 35.4. The summed E-state index contributed by atoms with van der Waals surface area (Å²) in [5.74, 6) is -4.25. The maximum Gasteiger partial charge on any atom is 0.208 e. The van der Waals surface area contributed by atoms with Crippen molar-refractivity contribution in [2.75, 3.05) is 0 Å². The van der Waals surface area contributed by atoms with E-state index in [-0.39, 0.29) is 5.56 Å². The summed E-state index contributed by atoms with van der Waals surface area (Å²) >= 11 is 0. The van der Waals surface area contributed by atoms with Gasteiger partial charge in [-0.15, -0.1) is 0 Å². The lowest BCUT2D eigenvalue weighted by Gasteiger charge is -2.22. The molecule has 0 amide bonds. The second-order valence-electron chi connectivity index (χ2n) is 10.7. The van der Waals surface area contributed by atoms with Crippen LogP contribution >= 0.6 is 0 Å². The standard InChI is InChI=1S/C39H36O5.2C2H6/c1-4-6-14-25(5-2)28-17-9-7-8-13-24(3)33(31-19-12-16-26-15-10-11-18-29(26)31)32-23-21-27(20-22-30(28)32)34-35(40)37(42)39(44)38(43)36(34)41;2*1-2/h4,6-16,18-21,23,40-44H,3,5,17,22H2,1-2H3;2*1-2H3/b6-4-,9-7-,13-8-,25-14+,30-28+,33-32+;;. The van der Waals surface area contributed by atoms with E-state index in [1.54, 1.807) is 6.08 Å². The minimum Gasteiger partial charge on any atom is -0.504 e. The van der Waals surface area contributed by atoms with Gasteiger partial charge in [-0.25, -0.2) is 0 Å². The first-order valence-electron chi connectivity index (χ1n) is 16.6. The van der Waals surface area contributed by atoms with Crippen LogP contribution in [-0.4, -0.2) is 25.5 Å². The molecule has 0 aromatic heterocycles. The summed E-state index contributed by atoms with van der Waals surface area (Å²) in [5.41, 5.74) is 7.26. The van der Waals surface area contributed by atoms with E-state index in [1.807, 2.05) is 95.3 Å². The highest BCUT2D eigenvalue weighted by Crippen LogP contribution is 2.54. The lowest BCUT2D eigenvalue weighted by molar-refractivity contribution is 0.327. The monoisotopic (exact) mass is 644 g/mol. The minimum absolute atomic E-state index is 0.175. The number of fused-ring (bicyclic) bond motifs is 2. The fourth-order valence-electron chi connectivity index (χ4n) is 5.87. The Labute approximate surface area is 285 Å². The molecule has 0 aliphatic heterocycles. The van der Waals surface area contributed by atoms with E-state index in [0.29, 0.717) is 18.4 Å². The van der Waals surface area contributed by atoms with Crippen LogP contribution in [0.3, 0.4) is 0 Å². The molecule has 0 heterocycles. The van der Waals surface area contributed by atoms with Crippen molar-refractivity contribution >= 4 is 21.9 Å². The van der Waals surface area contributed by atoms with Gasteiger partial charge in [-0.1, -0.05) is 144 Å². The number of hydrogen-bond acceptors (Lipinski definition) is 5. The van der Waals surface area contributed by atoms with Crippen LogP contribution in [0.4, 0.5) is 0 Å². The average molecular weight is 645 g/mol. The van der Waals surface area contributed by atoms with Gasteiger partial charge in [0.2, 0.25) is 17.2 Å². The Morgan fingerprint density at radius 1 is 0.771 bits per heavy atom. The molecule has 2 aliphatic carbocycles. The number of rotatable bonds is 5. The van der Waals surface area contributed by atoms with Crippen molar-refractivity contribution in [1.82, 2.24) is 0 Å². The van der Waals surface area contributed by atoms with Gasteiger partial charge in [-0.05, 0) is 81.5 Å². The van der Waals surface area contributed by atoms with E-state index < -0.39 is 28.7 Å². The quantitative estimate of drug-likeness (QED) is 0.108. The molecule has 48 heavy (non-hydrogen) atoms. The first-order valence-corrected chi connectivity index (χ1v) is 16.6. The number of phenolic OH excluding ortho intramolecular Hbond substituents is 5. The summed E-state index contributed by atoms with van der Waals surface area (Å²) < 4.78 is 0. The van der Waals surface area contributed by atoms with Crippen LogP contribution in [0.2, 0.25) is 0 Å². The molecule has 5 N–H and O–H groups in total. The van der Waals surface area contributed by atoms with E-state index in [4.69, 9.17) is 0 Å². The molecule has 0 saturated heterocycles. The predicted molar refractivity (Wildman–Crippen MR) is 202 cm³/mol. The number of hydrogen-bond donors (Lipinski definition) is 5. The Balaban J connectivity index is 0.00000151. The Morgan fingerprint density at radius 2 is 1.42 bits per heavy atom. The normalized spacial score (nSPS) is 19.3. The zero-order valence-corrected chi connectivity index (χ0v) is 28.9. The first kappa shape index (κ1) is 37.0. The van der Waals surface area contributed by atoms with Crippen LogP contribution in [0.1, 0.15) is 71.9 Å². The maximum atomic E-state index is 10.8. The summed E-state index contributed by atoms with van der Waals surface area (Å²) in [6, 6.07) is 14.4. The fourth-order valence-corrected chi connectivity index (χ4v) is 5.87.